The van der Waals surface area contributed by atoms with E-state index in [-0.39, 0.29) is 16.3 Å². The Balaban J connectivity index is 2.57. The second kappa shape index (κ2) is 3.28. The molecule has 0 aliphatic heterocycles. The Morgan fingerprint density at radius 1 is 1.44 bits per heavy atom. The van der Waals surface area contributed by atoms with Crippen molar-refractivity contribution in [3.8, 4) is 5.75 Å². The Hall–Kier alpha value is -0.940. The maximum absolute atomic E-state index is 13.4. The van der Waals surface area contributed by atoms with Crippen molar-refractivity contribution in [1.82, 2.24) is 0 Å². The zero-order valence-electron chi connectivity index (χ0n) is 8.36. The van der Waals surface area contributed by atoms with Gasteiger partial charge in [-0.2, -0.15) is 0 Å². The fourth-order valence-corrected chi connectivity index (χ4v) is 1.90. The van der Waals surface area contributed by atoms with Gasteiger partial charge in [-0.3, -0.25) is 0 Å². The van der Waals surface area contributed by atoms with E-state index in [9.17, 15) is 13.2 Å². The fraction of sp³-hybridized carbons (Fsp3) is 0.400. The van der Waals surface area contributed by atoms with Gasteiger partial charge in [-0.25, -0.2) is 13.2 Å². The van der Waals surface area contributed by atoms with E-state index >= 15 is 0 Å². The SMILES string of the molecule is COc1c(F)cc(Cl)cc1C1(N)CC1(F)F. The third kappa shape index (κ3) is 1.46. The minimum Gasteiger partial charge on any atom is -0.493 e. The molecule has 2 rings (SSSR count). The van der Waals surface area contributed by atoms with E-state index in [1.807, 2.05) is 0 Å². The maximum Gasteiger partial charge on any atom is 0.272 e. The Bertz CT molecular complexity index is 452. The van der Waals surface area contributed by atoms with Crippen LogP contribution in [0.1, 0.15) is 12.0 Å². The quantitative estimate of drug-likeness (QED) is 0.877. The van der Waals surface area contributed by atoms with Crippen LogP contribution in [0.4, 0.5) is 13.2 Å². The van der Waals surface area contributed by atoms with Crippen molar-refractivity contribution in [3.05, 3.63) is 28.5 Å². The number of rotatable bonds is 2. The number of hydrogen-bond donors (Lipinski definition) is 1. The van der Waals surface area contributed by atoms with Crippen molar-refractivity contribution < 1.29 is 17.9 Å². The van der Waals surface area contributed by atoms with Crippen LogP contribution in [0.5, 0.6) is 5.75 Å². The van der Waals surface area contributed by atoms with Crippen LogP contribution in [0.25, 0.3) is 0 Å². The maximum atomic E-state index is 13.4. The van der Waals surface area contributed by atoms with Gasteiger partial charge in [0.15, 0.2) is 11.6 Å². The number of benzene rings is 1. The summed E-state index contributed by atoms with van der Waals surface area (Å²) in [5, 5.41) is 0.0147. The second-order valence-electron chi connectivity index (χ2n) is 3.82. The first-order chi connectivity index (χ1) is 7.32. The topological polar surface area (TPSA) is 35.2 Å². The molecule has 2 nitrogen and oxygen atoms in total. The van der Waals surface area contributed by atoms with Gasteiger partial charge in [0.2, 0.25) is 0 Å². The molecule has 1 aromatic rings. The molecule has 1 fully saturated rings. The summed E-state index contributed by atoms with van der Waals surface area (Å²) in [6.45, 7) is 0. The molecule has 1 aromatic carbocycles. The molecule has 16 heavy (non-hydrogen) atoms. The average Bonchev–Trinajstić information content (AvgIpc) is 2.66. The highest BCUT2D eigenvalue weighted by atomic mass is 35.5. The third-order valence-electron chi connectivity index (χ3n) is 2.72. The molecule has 2 N–H and O–H groups in total. The molecule has 0 bridgehead atoms. The molecule has 0 spiro atoms. The highest BCUT2D eigenvalue weighted by Crippen LogP contribution is 2.59. The van der Waals surface area contributed by atoms with Crippen LogP contribution in [-0.4, -0.2) is 13.0 Å². The molecule has 88 valence electrons. The monoisotopic (exact) mass is 251 g/mol. The molecule has 6 heteroatoms. The summed E-state index contributed by atoms with van der Waals surface area (Å²) in [4.78, 5) is 0. The van der Waals surface area contributed by atoms with E-state index in [1.165, 1.54) is 13.2 Å². The van der Waals surface area contributed by atoms with Crippen molar-refractivity contribution in [2.45, 2.75) is 17.9 Å². The summed E-state index contributed by atoms with van der Waals surface area (Å²) in [6, 6.07) is 2.21. The van der Waals surface area contributed by atoms with Gasteiger partial charge < -0.3 is 10.5 Å². The van der Waals surface area contributed by atoms with E-state index in [4.69, 9.17) is 22.1 Å². The molecule has 1 saturated carbocycles. The van der Waals surface area contributed by atoms with Gasteiger partial charge in [0.05, 0.1) is 7.11 Å². The van der Waals surface area contributed by atoms with Crippen molar-refractivity contribution in [3.63, 3.8) is 0 Å². The van der Waals surface area contributed by atoms with Crippen LogP contribution in [0, 0.1) is 5.82 Å². The van der Waals surface area contributed by atoms with Crippen molar-refractivity contribution in [2.75, 3.05) is 7.11 Å². The lowest BCUT2D eigenvalue weighted by atomic mass is 10.0. The van der Waals surface area contributed by atoms with E-state index in [0.717, 1.165) is 6.07 Å². The minimum absolute atomic E-state index is 0.0147. The Kier molecular flexibility index (Phi) is 2.36. The molecule has 1 atom stereocenters. The highest BCUT2D eigenvalue weighted by molar-refractivity contribution is 6.30. The lowest BCUT2D eigenvalue weighted by molar-refractivity contribution is 0.0882. The van der Waals surface area contributed by atoms with E-state index in [1.54, 1.807) is 0 Å². The van der Waals surface area contributed by atoms with Crippen LogP contribution in [0.2, 0.25) is 5.02 Å². The van der Waals surface area contributed by atoms with Crippen LogP contribution < -0.4 is 10.5 Å². The molecule has 1 unspecified atom stereocenters. The normalized spacial score (nSPS) is 26.6. The first-order valence-electron chi connectivity index (χ1n) is 4.52. The predicted molar refractivity (Wildman–Crippen MR) is 53.4 cm³/mol. The average molecular weight is 252 g/mol. The first-order valence-corrected chi connectivity index (χ1v) is 4.90. The van der Waals surface area contributed by atoms with Crippen molar-refractivity contribution in [1.29, 1.82) is 0 Å². The fourth-order valence-electron chi connectivity index (χ4n) is 1.70. The number of halogens is 4. The highest BCUT2D eigenvalue weighted by Gasteiger charge is 2.71. The third-order valence-corrected chi connectivity index (χ3v) is 2.94. The second-order valence-corrected chi connectivity index (χ2v) is 4.26. The number of ether oxygens (including phenoxy) is 1. The first kappa shape index (κ1) is 11.5. The van der Waals surface area contributed by atoms with Gasteiger partial charge in [0, 0.05) is 17.0 Å². The van der Waals surface area contributed by atoms with Gasteiger partial charge in [-0.05, 0) is 12.1 Å². The molecule has 0 heterocycles. The van der Waals surface area contributed by atoms with Crippen LogP contribution in [-0.2, 0) is 5.54 Å². The molecule has 0 saturated heterocycles. The van der Waals surface area contributed by atoms with Gasteiger partial charge >= 0.3 is 0 Å². The van der Waals surface area contributed by atoms with Crippen LogP contribution >= 0.6 is 11.6 Å². The predicted octanol–water partition coefficient (Wildman–Crippen LogP) is 2.68. The Morgan fingerprint density at radius 3 is 2.44 bits per heavy atom. The molecule has 0 radical (unpaired) electrons. The lowest BCUT2D eigenvalue weighted by Gasteiger charge is -2.16. The summed E-state index contributed by atoms with van der Waals surface area (Å²) in [7, 11) is 1.19. The molecule has 1 aliphatic rings. The summed E-state index contributed by atoms with van der Waals surface area (Å²) < 4.78 is 44.4. The summed E-state index contributed by atoms with van der Waals surface area (Å²) in [5.74, 6) is -4.11. The summed E-state index contributed by atoms with van der Waals surface area (Å²) in [6.07, 6.45) is -0.532. The van der Waals surface area contributed by atoms with Crippen molar-refractivity contribution in [2.24, 2.45) is 5.73 Å². The standard InChI is InChI=1S/C10H9ClF3NO/c1-16-8-6(2-5(11)3-7(8)12)9(15)4-10(9,13)14/h2-3H,4,15H2,1H3. The van der Waals surface area contributed by atoms with Gasteiger partial charge in [-0.15, -0.1) is 0 Å². The molecule has 0 amide bonds. The molecular formula is C10H9ClF3NO. The van der Waals surface area contributed by atoms with Crippen LogP contribution in [0.15, 0.2) is 12.1 Å². The summed E-state index contributed by atoms with van der Waals surface area (Å²) in [5.41, 5.74) is 3.54. The van der Waals surface area contributed by atoms with E-state index in [2.05, 4.69) is 0 Å². The summed E-state index contributed by atoms with van der Waals surface area (Å²) >= 11 is 5.61. The molecular weight excluding hydrogens is 243 g/mol. The number of methoxy groups -OCH3 is 1. The zero-order valence-corrected chi connectivity index (χ0v) is 9.12. The Labute approximate surface area is 95.1 Å². The smallest absolute Gasteiger partial charge is 0.272 e. The van der Waals surface area contributed by atoms with Gasteiger partial charge in [0.1, 0.15) is 5.54 Å². The van der Waals surface area contributed by atoms with Gasteiger partial charge in [0.25, 0.3) is 5.92 Å². The number of nitrogens with two attached hydrogens (primary N) is 1. The number of hydrogen-bond acceptors (Lipinski definition) is 2. The lowest BCUT2D eigenvalue weighted by Crippen LogP contribution is -2.28. The van der Waals surface area contributed by atoms with E-state index < -0.39 is 23.7 Å². The van der Waals surface area contributed by atoms with Crippen LogP contribution in [0.3, 0.4) is 0 Å². The van der Waals surface area contributed by atoms with Crippen molar-refractivity contribution >= 4 is 11.6 Å². The molecule has 1 aliphatic carbocycles. The Morgan fingerprint density at radius 2 is 2.00 bits per heavy atom. The zero-order chi connectivity index (χ0) is 12.1. The minimum atomic E-state index is -3.04. The largest absolute Gasteiger partial charge is 0.493 e. The van der Waals surface area contributed by atoms with E-state index in [0.29, 0.717) is 0 Å². The molecule has 0 aromatic heterocycles. The number of alkyl halides is 2. The van der Waals surface area contributed by atoms with Gasteiger partial charge in [-0.1, -0.05) is 11.6 Å².